The van der Waals surface area contributed by atoms with Crippen LogP contribution in [0, 0.1) is 53.3 Å². The first-order valence-corrected chi connectivity index (χ1v) is 26.8. The zero-order valence-corrected chi connectivity index (χ0v) is 40.8. The smallest absolute Gasteiger partial charge is 0.496 e. The maximum atomic E-state index is 15.5. The number of phosphoric acid groups is 1. The summed E-state index contributed by atoms with van der Waals surface area (Å²) in [6.07, 6.45) is 16.1. The molecule has 11 heteroatoms. The van der Waals surface area contributed by atoms with E-state index in [-0.39, 0.29) is 14.6 Å². The molecule has 344 valence electrons. The van der Waals surface area contributed by atoms with Crippen LogP contribution in [-0.2, 0) is 18.8 Å². The van der Waals surface area contributed by atoms with Crippen molar-refractivity contribution in [3.8, 4) is 17.2 Å². The van der Waals surface area contributed by atoms with Gasteiger partial charge in [0.2, 0.25) is 0 Å². The van der Waals surface area contributed by atoms with Gasteiger partial charge in [-0.2, -0.15) is 4.57 Å². The summed E-state index contributed by atoms with van der Waals surface area (Å²) in [4.78, 5) is -0.316. The second-order valence-electron chi connectivity index (χ2n) is 21.8. The number of halogens is 3. The molecule has 12 fully saturated rings. The molecule has 65 heavy (non-hydrogen) atoms. The van der Waals surface area contributed by atoms with E-state index in [0.29, 0.717) is 70.5 Å². The van der Waals surface area contributed by atoms with E-state index in [9.17, 15) is 0 Å². The molecule has 6 unspecified atom stereocenters. The molecule has 0 radical (unpaired) electrons. The quantitative estimate of drug-likeness (QED) is 0.102. The van der Waals surface area contributed by atoms with Crippen molar-refractivity contribution in [3.63, 3.8) is 0 Å². The summed E-state index contributed by atoms with van der Waals surface area (Å²) < 4.78 is 53.9. The molecule has 0 aromatic heterocycles. The van der Waals surface area contributed by atoms with Crippen molar-refractivity contribution >= 4 is 59.9 Å². The van der Waals surface area contributed by atoms with Crippen LogP contribution in [0.15, 0.2) is 89.5 Å². The lowest BCUT2D eigenvalue weighted by atomic mass is 9.53. The molecule has 12 aliphatic carbocycles. The molecule has 3 aromatic rings. The molecule has 7 nitrogen and oxygen atoms in total. The van der Waals surface area contributed by atoms with Gasteiger partial charge in [0.15, 0.2) is 0 Å². The van der Waals surface area contributed by atoms with E-state index in [1.54, 1.807) is 39.5 Å². The Morgan fingerprint density at radius 2 is 0.708 bits per heavy atom. The van der Waals surface area contributed by atoms with Crippen LogP contribution >= 0.6 is 42.6 Å². The van der Waals surface area contributed by atoms with Crippen LogP contribution in [0.5, 0.6) is 17.2 Å². The molecule has 0 N–H and O–H groups in total. The predicted molar refractivity (Wildman–Crippen MR) is 257 cm³/mol. The Labute approximate surface area is 399 Å². The van der Waals surface area contributed by atoms with E-state index in [1.165, 1.54) is 16.7 Å². The van der Waals surface area contributed by atoms with Gasteiger partial charge in [-0.1, -0.05) is 36.4 Å². The molecule has 0 heterocycles. The molecule has 0 aliphatic heterocycles. The molecule has 15 rings (SSSR count). The fourth-order valence-corrected chi connectivity index (χ4v) is 18.9. The fraction of sp³-hybridized carbons (Fsp3) is 0.556. The van der Waals surface area contributed by atoms with Crippen LogP contribution in [0.4, 0.5) is 0 Å². The number of allylic oxidation sites excluding steroid dienone is 3. The summed E-state index contributed by atoms with van der Waals surface area (Å²) in [6, 6.07) is 22.9. The topological polar surface area (TPSA) is 72.5 Å². The van der Waals surface area contributed by atoms with Crippen LogP contribution in [0.1, 0.15) is 113 Å². The molecule has 0 spiro atoms. The first kappa shape index (κ1) is 43.1. The zero-order chi connectivity index (χ0) is 44.5. The van der Waals surface area contributed by atoms with Crippen molar-refractivity contribution in [2.75, 3.05) is 21.3 Å². The van der Waals surface area contributed by atoms with Crippen LogP contribution in [0.2, 0.25) is 0 Å². The fourth-order valence-electron chi connectivity index (χ4n) is 15.9. The first-order valence-electron chi connectivity index (χ1n) is 24.2. The number of hydrogen-bond donors (Lipinski definition) is 0. The Hall–Kier alpha value is -3.22. The monoisotopic (exact) mass is 956 g/mol. The number of ether oxygens (including phenoxy) is 3. The number of benzene rings is 3. The maximum absolute atomic E-state index is 15.5. The van der Waals surface area contributed by atoms with E-state index < -0.39 is 7.82 Å². The van der Waals surface area contributed by atoms with E-state index in [4.69, 9.17) is 62.6 Å². The van der Waals surface area contributed by atoms with E-state index in [2.05, 4.69) is 0 Å². The van der Waals surface area contributed by atoms with Gasteiger partial charge < -0.3 is 27.8 Å². The minimum atomic E-state index is -4.47. The molecule has 12 aliphatic rings. The molecule has 0 saturated heterocycles. The molecule has 12 saturated carbocycles. The summed E-state index contributed by atoms with van der Waals surface area (Å²) in [5.41, 5.74) is 6.66. The summed E-state index contributed by atoms with van der Waals surface area (Å²) in [6.45, 7) is 0. The van der Waals surface area contributed by atoms with Crippen LogP contribution in [0.3, 0.4) is 0 Å². The Morgan fingerprint density at radius 1 is 0.446 bits per heavy atom. The van der Waals surface area contributed by atoms with Gasteiger partial charge in [0.05, 0.1) is 21.3 Å². The standard InChI is InChI=1S/C54H60Cl3O7P/c1-59-49(46-37-13-31-14-38(46)26-52(55,22-31)25-37)34-7-4-10-43(19-34)62-65(58,63-44-11-5-8-35(20-44)50(60-2)47-39-15-32-16-40(47)28-53(56,23-32)27-39)64-45-12-6-9-36(21-45)51(61-3)48-41-17-33-18-42(48)30-54(57,24-33)29-41/h4-12,19-21,31-33,37-42H,13-18,22-30H2,1-3H3. The Morgan fingerprint density at radius 3 is 0.938 bits per heavy atom. The van der Waals surface area contributed by atoms with Crippen LogP contribution in [0.25, 0.3) is 17.3 Å². The van der Waals surface area contributed by atoms with Crippen molar-refractivity contribution in [1.82, 2.24) is 0 Å². The zero-order valence-electron chi connectivity index (χ0n) is 37.7. The van der Waals surface area contributed by atoms with Crippen molar-refractivity contribution in [1.29, 1.82) is 0 Å². The third kappa shape index (κ3) is 7.73. The van der Waals surface area contributed by atoms with Gasteiger partial charge in [0.1, 0.15) is 34.5 Å². The van der Waals surface area contributed by atoms with Crippen LogP contribution < -0.4 is 13.6 Å². The molecular weight excluding hydrogens is 898 g/mol. The van der Waals surface area contributed by atoms with Crippen molar-refractivity contribution in [2.45, 2.75) is 111 Å². The van der Waals surface area contributed by atoms with Gasteiger partial charge in [-0.25, -0.2) is 0 Å². The van der Waals surface area contributed by atoms with Gasteiger partial charge in [-0.15, -0.1) is 34.8 Å². The van der Waals surface area contributed by atoms with Crippen molar-refractivity contribution in [2.24, 2.45) is 53.3 Å². The molecule has 6 atom stereocenters. The van der Waals surface area contributed by atoms with Gasteiger partial charge in [-0.05, 0) is 203 Å². The molecule has 12 bridgehead atoms. The number of phosphoric ester groups is 1. The second-order valence-corrected chi connectivity index (χ2v) is 25.6. The highest BCUT2D eigenvalue weighted by molar-refractivity contribution is 7.49. The van der Waals surface area contributed by atoms with E-state index in [0.717, 1.165) is 130 Å². The van der Waals surface area contributed by atoms with Crippen molar-refractivity contribution in [3.05, 3.63) is 106 Å². The minimum absolute atomic E-state index is 0.105. The summed E-state index contributed by atoms with van der Waals surface area (Å²) >= 11 is 21.5. The maximum Gasteiger partial charge on any atom is 0.647 e. The molecular formula is C54H60Cl3O7P. The van der Waals surface area contributed by atoms with Gasteiger partial charge in [0.25, 0.3) is 0 Å². The highest BCUT2D eigenvalue weighted by Crippen LogP contribution is 2.65. The third-order valence-corrected chi connectivity index (χ3v) is 20.0. The summed E-state index contributed by atoms with van der Waals surface area (Å²) in [5.74, 6) is 7.94. The first-order chi connectivity index (χ1) is 31.3. The van der Waals surface area contributed by atoms with Crippen molar-refractivity contribution < 1.29 is 32.3 Å². The third-order valence-electron chi connectivity index (χ3n) is 17.3. The number of hydrogen-bond acceptors (Lipinski definition) is 7. The molecule has 3 aromatic carbocycles. The highest BCUT2D eigenvalue weighted by atomic mass is 35.5. The SMILES string of the molecule is COC(=C1C2CC3CC1CC(Cl)(C3)C2)c1cccc(OP(=O)(Oc2cccc(C(OC)=C3C4CC5CC3CC(Cl)(C5)C4)c2)Oc2cccc(C(OC)=C3C4CC5CC3CC(Cl)(C5)C4)c2)c1. The lowest BCUT2D eigenvalue weighted by molar-refractivity contribution is 0.0842. The number of methoxy groups -OCH3 is 3. The summed E-state index contributed by atoms with van der Waals surface area (Å²) in [7, 11) is 0.765. The minimum Gasteiger partial charge on any atom is -0.496 e. The average Bonchev–Trinajstić information content (AvgIpc) is 3.23. The lowest BCUT2D eigenvalue weighted by Gasteiger charge is -2.55. The van der Waals surface area contributed by atoms with Gasteiger partial charge >= 0.3 is 7.82 Å². The van der Waals surface area contributed by atoms with Gasteiger partial charge in [0, 0.05) is 31.3 Å². The Balaban J connectivity index is 0.891. The Bertz CT molecular complexity index is 2240. The highest BCUT2D eigenvalue weighted by Gasteiger charge is 2.56. The van der Waals surface area contributed by atoms with E-state index in [1.807, 2.05) is 54.6 Å². The number of alkyl halides is 3. The molecule has 0 amide bonds. The normalized spacial score (nSPS) is 37.5. The lowest BCUT2D eigenvalue weighted by Crippen LogP contribution is -2.48. The van der Waals surface area contributed by atoms with Gasteiger partial charge in [-0.3, -0.25) is 0 Å². The average molecular weight is 958 g/mol. The predicted octanol–water partition coefficient (Wildman–Crippen LogP) is 14.9. The second kappa shape index (κ2) is 15.9. The largest absolute Gasteiger partial charge is 0.647 e. The number of rotatable bonds is 12. The summed E-state index contributed by atoms with van der Waals surface area (Å²) in [5, 5.41) is 0. The van der Waals surface area contributed by atoms with Crippen LogP contribution in [-0.4, -0.2) is 36.0 Å². The Kier molecular flexibility index (Phi) is 10.6. The van der Waals surface area contributed by atoms with E-state index >= 15 is 4.57 Å².